The first-order valence-electron chi connectivity index (χ1n) is 7.30. The van der Waals surface area contributed by atoms with Crippen molar-refractivity contribution < 1.29 is 9.90 Å². The maximum absolute atomic E-state index is 11.0. The van der Waals surface area contributed by atoms with Crippen LogP contribution in [-0.2, 0) is 11.2 Å². The number of carboxylic acid groups (broad SMARTS) is 1. The summed E-state index contributed by atoms with van der Waals surface area (Å²) in [4.78, 5) is 13.4. The van der Waals surface area contributed by atoms with Gasteiger partial charge in [-0.05, 0) is 45.0 Å². The number of carbonyl (C=O) groups is 1. The van der Waals surface area contributed by atoms with E-state index in [0.29, 0.717) is 0 Å². The number of likely N-dealkylation sites (tertiary alicyclic amines) is 1. The average Bonchev–Trinajstić information content (AvgIpc) is 2.47. The Morgan fingerprint density at radius 3 is 2.50 bits per heavy atom. The van der Waals surface area contributed by atoms with Gasteiger partial charge < -0.3 is 15.3 Å². The molecule has 0 amide bonds. The highest BCUT2D eigenvalue weighted by atomic mass is 16.4. The van der Waals surface area contributed by atoms with Crippen LogP contribution < -0.4 is 5.32 Å². The lowest BCUT2D eigenvalue weighted by atomic mass is 9.84. The summed E-state index contributed by atoms with van der Waals surface area (Å²) in [5.41, 5.74) is 1.15. The zero-order valence-electron chi connectivity index (χ0n) is 12.1. The molecule has 1 aromatic rings. The van der Waals surface area contributed by atoms with Crippen molar-refractivity contribution in [3.05, 3.63) is 35.9 Å². The second kappa shape index (κ2) is 6.86. The molecule has 1 heterocycles. The molecular weight excluding hydrogens is 252 g/mol. The van der Waals surface area contributed by atoms with Gasteiger partial charge in [0.25, 0.3) is 0 Å². The van der Waals surface area contributed by atoms with Crippen molar-refractivity contribution in [2.75, 3.05) is 26.7 Å². The number of nitrogens with zero attached hydrogens (tertiary/aromatic N) is 1. The maximum Gasteiger partial charge on any atom is 0.305 e. The minimum atomic E-state index is -0.711. The van der Waals surface area contributed by atoms with Crippen molar-refractivity contribution in [2.24, 2.45) is 0 Å². The minimum Gasteiger partial charge on any atom is -0.481 e. The lowest BCUT2D eigenvalue weighted by Crippen LogP contribution is -2.53. The first-order chi connectivity index (χ1) is 9.63. The Morgan fingerprint density at radius 2 is 1.95 bits per heavy atom. The molecule has 0 unspecified atom stereocenters. The van der Waals surface area contributed by atoms with Crippen LogP contribution in [0.3, 0.4) is 0 Å². The number of rotatable bonds is 6. The van der Waals surface area contributed by atoms with Crippen LogP contribution >= 0.6 is 0 Å². The van der Waals surface area contributed by atoms with Crippen LogP contribution in [0.4, 0.5) is 0 Å². The quantitative estimate of drug-likeness (QED) is 0.831. The number of hydrogen-bond donors (Lipinski definition) is 2. The third-order valence-corrected chi connectivity index (χ3v) is 4.39. The second-order valence-electron chi connectivity index (χ2n) is 5.68. The number of carboxylic acids is 1. The molecule has 20 heavy (non-hydrogen) atoms. The van der Waals surface area contributed by atoms with E-state index in [1.54, 1.807) is 0 Å². The van der Waals surface area contributed by atoms with Crippen molar-refractivity contribution in [2.45, 2.75) is 31.2 Å². The van der Waals surface area contributed by atoms with E-state index in [1.165, 1.54) is 5.56 Å². The van der Waals surface area contributed by atoms with E-state index >= 15 is 0 Å². The zero-order chi connectivity index (χ0) is 14.4. The lowest BCUT2D eigenvalue weighted by Gasteiger charge is -2.41. The lowest BCUT2D eigenvalue weighted by molar-refractivity contribution is -0.139. The molecule has 1 saturated heterocycles. The van der Waals surface area contributed by atoms with Gasteiger partial charge in [0.15, 0.2) is 0 Å². The van der Waals surface area contributed by atoms with Crippen molar-refractivity contribution in [3.63, 3.8) is 0 Å². The molecule has 0 aromatic heterocycles. The van der Waals surface area contributed by atoms with Crippen LogP contribution in [0, 0.1) is 0 Å². The van der Waals surface area contributed by atoms with Crippen molar-refractivity contribution >= 4 is 5.97 Å². The Morgan fingerprint density at radius 1 is 1.30 bits per heavy atom. The fourth-order valence-corrected chi connectivity index (χ4v) is 2.94. The van der Waals surface area contributed by atoms with Gasteiger partial charge in [0, 0.05) is 12.1 Å². The molecular formula is C16H24N2O2. The Balaban J connectivity index is 1.80. The van der Waals surface area contributed by atoms with Crippen LogP contribution in [-0.4, -0.2) is 48.2 Å². The van der Waals surface area contributed by atoms with Crippen LogP contribution in [0.1, 0.15) is 24.8 Å². The normalized spacial score (nSPS) is 18.9. The summed E-state index contributed by atoms with van der Waals surface area (Å²) in [7, 11) is 1.88. The van der Waals surface area contributed by atoms with Gasteiger partial charge in [-0.3, -0.25) is 4.79 Å². The SMILES string of the molecule is CNC1(CC(=O)O)CCN(CCc2ccccc2)CC1. The summed E-state index contributed by atoms with van der Waals surface area (Å²) < 4.78 is 0. The fraction of sp³-hybridized carbons (Fsp3) is 0.562. The Hall–Kier alpha value is -1.39. The predicted molar refractivity (Wildman–Crippen MR) is 79.9 cm³/mol. The van der Waals surface area contributed by atoms with Gasteiger partial charge in [0.2, 0.25) is 0 Å². The van der Waals surface area contributed by atoms with E-state index < -0.39 is 5.97 Å². The molecule has 4 heteroatoms. The molecule has 1 aliphatic heterocycles. The van der Waals surface area contributed by atoms with E-state index in [-0.39, 0.29) is 12.0 Å². The van der Waals surface area contributed by atoms with Crippen LogP contribution in [0.25, 0.3) is 0 Å². The molecule has 2 rings (SSSR count). The fourth-order valence-electron chi connectivity index (χ4n) is 2.94. The minimum absolute atomic E-state index is 0.213. The molecule has 1 aliphatic rings. The molecule has 2 N–H and O–H groups in total. The highest BCUT2D eigenvalue weighted by Gasteiger charge is 2.34. The van der Waals surface area contributed by atoms with Crippen LogP contribution in [0.15, 0.2) is 30.3 Å². The topological polar surface area (TPSA) is 52.6 Å². The second-order valence-corrected chi connectivity index (χ2v) is 5.68. The summed E-state index contributed by atoms with van der Waals surface area (Å²) in [6, 6.07) is 10.5. The largest absolute Gasteiger partial charge is 0.481 e. The number of piperidine rings is 1. The predicted octanol–water partition coefficient (Wildman–Crippen LogP) is 1.76. The first-order valence-corrected chi connectivity index (χ1v) is 7.30. The highest BCUT2D eigenvalue weighted by molar-refractivity contribution is 5.68. The molecule has 110 valence electrons. The van der Waals surface area contributed by atoms with E-state index in [1.807, 2.05) is 13.1 Å². The summed E-state index contributed by atoms with van der Waals surface area (Å²) >= 11 is 0. The van der Waals surface area contributed by atoms with Crippen molar-refractivity contribution in [1.29, 1.82) is 0 Å². The molecule has 0 saturated carbocycles. The van der Waals surface area contributed by atoms with Gasteiger partial charge >= 0.3 is 5.97 Å². The van der Waals surface area contributed by atoms with E-state index in [2.05, 4.69) is 34.5 Å². The Kier molecular flexibility index (Phi) is 5.15. The van der Waals surface area contributed by atoms with Crippen molar-refractivity contribution in [1.82, 2.24) is 10.2 Å². The third-order valence-electron chi connectivity index (χ3n) is 4.39. The summed E-state index contributed by atoms with van der Waals surface area (Å²) in [5, 5.41) is 12.3. The molecule has 0 aliphatic carbocycles. The van der Waals surface area contributed by atoms with Gasteiger partial charge in [0.05, 0.1) is 6.42 Å². The number of nitrogens with one attached hydrogen (secondary N) is 1. The summed E-state index contributed by atoms with van der Waals surface area (Å²) in [6.45, 7) is 3.00. The molecule has 4 nitrogen and oxygen atoms in total. The van der Waals surface area contributed by atoms with Crippen LogP contribution in [0.2, 0.25) is 0 Å². The Labute approximate surface area is 120 Å². The number of aliphatic carboxylic acids is 1. The van der Waals surface area contributed by atoms with Crippen molar-refractivity contribution in [3.8, 4) is 0 Å². The van der Waals surface area contributed by atoms with Gasteiger partial charge in [0.1, 0.15) is 0 Å². The van der Waals surface area contributed by atoms with E-state index in [9.17, 15) is 4.79 Å². The average molecular weight is 276 g/mol. The number of benzene rings is 1. The van der Waals surface area contributed by atoms with E-state index in [0.717, 1.165) is 38.9 Å². The van der Waals surface area contributed by atoms with Gasteiger partial charge in [-0.15, -0.1) is 0 Å². The first kappa shape index (κ1) is 15.0. The summed E-state index contributed by atoms with van der Waals surface area (Å²) in [6.07, 6.45) is 3.09. The highest BCUT2D eigenvalue weighted by Crippen LogP contribution is 2.25. The molecule has 0 radical (unpaired) electrons. The molecule has 1 fully saturated rings. The van der Waals surface area contributed by atoms with Crippen LogP contribution in [0.5, 0.6) is 0 Å². The standard InChI is InChI=1S/C16H24N2O2/c1-17-16(13-15(19)20)8-11-18(12-9-16)10-7-14-5-3-2-4-6-14/h2-6,17H,7-13H2,1H3,(H,19,20). The smallest absolute Gasteiger partial charge is 0.305 e. The molecule has 0 bridgehead atoms. The molecule has 0 spiro atoms. The molecule has 1 aromatic carbocycles. The van der Waals surface area contributed by atoms with Gasteiger partial charge in [-0.25, -0.2) is 0 Å². The van der Waals surface area contributed by atoms with Gasteiger partial charge in [-0.2, -0.15) is 0 Å². The third kappa shape index (κ3) is 4.05. The summed E-state index contributed by atoms with van der Waals surface area (Å²) in [5.74, 6) is -0.711. The molecule has 0 atom stereocenters. The van der Waals surface area contributed by atoms with Gasteiger partial charge in [-0.1, -0.05) is 30.3 Å². The Bertz CT molecular complexity index is 425. The monoisotopic (exact) mass is 276 g/mol. The maximum atomic E-state index is 11.0. The van der Waals surface area contributed by atoms with E-state index in [4.69, 9.17) is 5.11 Å². The number of hydrogen-bond acceptors (Lipinski definition) is 3. The zero-order valence-corrected chi connectivity index (χ0v) is 12.1.